The molecule has 4 N–H and O–H groups in total. The highest BCUT2D eigenvalue weighted by Crippen LogP contribution is 2.20. The van der Waals surface area contributed by atoms with Gasteiger partial charge < -0.3 is 11.5 Å². The third-order valence-corrected chi connectivity index (χ3v) is 1.81. The molecular formula is C9H12N2O. The van der Waals surface area contributed by atoms with Crippen LogP contribution in [0.4, 0.5) is 11.4 Å². The predicted octanol–water partition coefficient (Wildman–Crippen LogP) is 1.36. The zero-order valence-corrected chi connectivity index (χ0v) is 7.22. The number of anilines is 2. The minimum absolute atomic E-state index is 0.0131. The quantitative estimate of drug-likeness (QED) is 0.486. The monoisotopic (exact) mass is 164 g/mol. The van der Waals surface area contributed by atoms with Gasteiger partial charge in [-0.1, -0.05) is 0 Å². The maximum absolute atomic E-state index is 11.0. The first-order valence-corrected chi connectivity index (χ1v) is 3.69. The molecule has 0 aromatic heterocycles. The standard InChI is InChI=1S/C9H12N2O/c1-5-3-8(10)9(11)4-7(5)6(2)12/h3-4H,10-11H2,1-2H3. The van der Waals surface area contributed by atoms with Gasteiger partial charge in [-0.05, 0) is 31.5 Å². The van der Waals surface area contributed by atoms with Gasteiger partial charge in [-0.3, -0.25) is 4.79 Å². The van der Waals surface area contributed by atoms with Gasteiger partial charge in [0.2, 0.25) is 0 Å². The molecule has 0 saturated carbocycles. The van der Waals surface area contributed by atoms with Gasteiger partial charge in [0.1, 0.15) is 0 Å². The van der Waals surface area contributed by atoms with Crippen molar-refractivity contribution in [1.29, 1.82) is 0 Å². The number of carbonyl (C=O) groups excluding carboxylic acids is 1. The molecule has 64 valence electrons. The number of nitrogens with two attached hydrogens (primary N) is 2. The summed E-state index contributed by atoms with van der Waals surface area (Å²) in [7, 11) is 0. The third-order valence-electron chi connectivity index (χ3n) is 1.81. The normalized spacial score (nSPS) is 9.83. The molecule has 3 nitrogen and oxygen atoms in total. The van der Waals surface area contributed by atoms with Crippen LogP contribution in [-0.2, 0) is 0 Å². The minimum Gasteiger partial charge on any atom is -0.397 e. The summed E-state index contributed by atoms with van der Waals surface area (Å²) in [4.78, 5) is 11.0. The third kappa shape index (κ3) is 1.39. The lowest BCUT2D eigenvalue weighted by atomic mass is 10.0. The molecular weight excluding hydrogens is 152 g/mol. The molecule has 0 amide bonds. The van der Waals surface area contributed by atoms with Gasteiger partial charge in [-0.2, -0.15) is 0 Å². The fourth-order valence-electron chi connectivity index (χ4n) is 1.13. The van der Waals surface area contributed by atoms with Crippen molar-refractivity contribution in [3.8, 4) is 0 Å². The Kier molecular flexibility index (Phi) is 2.04. The van der Waals surface area contributed by atoms with E-state index in [0.29, 0.717) is 16.9 Å². The number of carbonyl (C=O) groups is 1. The molecule has 1 aromatic rings. The fourth-order valence-corrected chi connectivity index (χ4v) is 1.13. The second kappa shape index (κ2) is 2.85. The van der Waals surface area contributed by atoms with E-state index in [-0.39, 0.29) is 5.78 Å². The molecule has 0 radical (unpaired) electrons. The van der Waals surface area contributed by atoms with Crippen molar-refractivity contribution >= 4 is 17.2 Å². The smallest absolute Gasteiger partial charge is 0.160 e. The molecule has 12 heavy (non-hydrogen) atoms. The van der Waals surface area contributed by atoms with Crippen molar-refractivity contribution in [3.63, 3.8) is 0 Å². The molecule has 0 bridgehead atoms. The van der Waals surface area contributed by atoms with E-state index in [0.717, 1.165) is 5.56 Å². The second-order valence-corrected chi connectivity index (χ2v) is 2.85. The van der Waals surface area contributed by atoms with Gasteiger partial charge in [0.15, 0.2) is 5.78 Å². The minimum atomic E-state index is 0.0131. The lowest BCUT2D eigenvalue weighted by Gasteiger charge is -2.05. The Bertz CT molecular complexity index is 332. The number of benzene rings is 1. The van der Waals surface area contributed by atoms with Crippen molar-refractivity contribution in [1.82, 2.24) is 0 Å². The maximum atomic E-state index is 11.0. The second-order valence-electron chi connectivity index (χ2n) is 2.85. The largest absolute Gasteiger partial charge is 0.397 e. The van der Waals surface area contributed by atoms with E-state index in [9.17, 15) is 4.79 Å². The highest BCUT2D eigenvalue weighted by Gasteiger charge is 2.05. The summed E-state index contributed by atoms with van der Waals surface area (Å²) in [6, 6.07) is 3.33. The van der Waals surface area contributed by atoms with Gasteiger partial charge in [0.25, 0.3) is 0 Å². The van der Waals surface area contributed by atoms with Crippen LogP contribution in [0.3, 0.4) is 0 Å². The van der Waals surface area contributed by atoms with Crippen LogP contribution in [-0.4, -0.2) is 5.78 Å². The molecule has 0 atom stereocenters. The van der Waals surface area contributed by atoms with Crippen LogP contribution in [0.1, 0.15) is 22.8 Å². The molecule has 0 fully saturated rings. The number of hydrogen-bond acceptors (Lipinski definition) is 3. The Morgan fingerprint density at radius 1 is 1.25 bits per heavy atom. The molecule has 0 heterocycles. The Morgan fingerprint density at radius 3 is 2.25 bits per heavy atom. The summed E-state index contributed by atoms with van der Waals surface area (Å²) >= 11 is 0. The van der Waals surface area contributed by atoms with Crippen LogP contribution >= 0.6 is 0 Å². The van der Waals surface area contributed by atoms with Crippen LogP contribution in [0.25, 0.3) is 0 Å². The van der Waals surface area contributed by atoms with Crippen molar-refractivity contribution < 1.29 is 4.79 Å². The summed E-state index contributed by atoms with van der Waals surface area (Å²) in [5.74, 6) is 0.0131. The summed E-state index contributed by atoms with van der Waals surface area (Å²) < 4.78 is 0. The van der Waals surface area contributed by atoms with Crippen molar-refractivity contribution in [2.75, 3.05) is 11.5 Å². The average molecular weight is 164 g/mol. The summed E-state index contributed by atoms with van der Waals surface area (Å²) in [6.07, 6.45) is 0. The number of hydrogen-bond donors (Lipinski definition) is 2. The van der Waals surface area contributed by atoms with E-state index in [1.54, 1.807) is 12.1 Å². The van der Waals surface area contributed by atoms with Gasteiger partial charge in [0.05, 0.1) is 11.4 Å². The lowest BCUT2D eigenvalue weighted by molar-refractivity contribution is 0.101. The van der Waals surface area contributed by atoms with Gasteiger partial charge in [-0.15, -0.1) is 0 Å². The van der Waals surface area contributed by atoms with E-state index in [4.69, 9.17) is 11.5 Å². The average Bonchev–Trinajstić information content (AvgIpc) is 1.96. The Hall–Kier alpha value is -1.51. The molecule has 0 aliphatic rings. The number of aryl methyl sites for hydroxylation is 1. The first-order valence-electron chi connectivity index (χ1n) is 3.69. The van der Waals surface area contributed by atoms with E-state index in [1.807, 2.05) is 6.92 Å². The molecule has 1 aromatic carbocycles. The summed E-state index contributed by atoms with van der Waals surface area (Å²) in [5, 5.41) is 0. The molecule has 0 aliphatic heterocycles. The number of ketones is 1. The zero-order chi connectivity index (χ0) is 9.30. The molecule has 0 spiro atoms. The van der Waals surface area contributed by atoms with E-state index in [1.165, 1.54) is 6.92 Å². The molecule has 0 unspecified atom stereocenters. The first kappa shape index (κ1) is 8.59. The van der Waals surface area contributed by atoms with Gasteiger partial charge in [-0.25, -0.2) is 0 Å². The van der Waals surface area contributed by atoms with Gasteiger partial charge >= 0.3 is 0 Å². The van der Waals surface area contributed by atoms with Crippen molar-refractivity contribution in [3.05, 3.63) is 23.3 Å². The van der Waals surface area contributed by atoms with Crippen LogP contribution in [0.15, 0.2) is 12.1 Å². The maximum Gasteiger partial charge on any atom is 0.160 e. The lowest BCUT2D eigenvalue weighted by Crippen LogP contribution is -2.01. The zero-order valence-electron chi connectivity index (χ0n) is 7.22. The Labute approximate surface area is 71.4 Å². The topological polar surface area (TPSA) is 69.1 Å². The van der Waals surface area contributed by atoms with Crippen LogP contribution in [0.5, 0.6) is 0 Å². The fraction of sp³-hybridized carbons (Fsp3) is 0.222. The summed E-state index contributed by atoms with van der Waals surface area (Å²) in [6.45, 7) is 3.35. The predicted molar refractivity (Wildman–Crippen MR) is 50.0 cm³/mol. The van der Waals surface area contributed by atoms with Crippen LogP contribution in [0, 0.1) is 6.92 Å². The molecule has 0 saturated heterocycles. The molecule has 1 rings (SSSR count). The van der Waals surface area contributed by atoms with Crippen LogP contribution < -0.4 is 11.5 Å². The van der Waals surface area contributed by atoms with E-state index >= 15 is 0 Å². The first-order chi connectivity index (χ1) is 5.52. The number of rotatable bonds is 1. The van der Waals surface area contributed by atoms with Gasteiger partial charge in [0, 0.05) is 5.56 Å². The van der Waals surface area contributed by atoms with Crippen molar-refractivity contribution in [2.24, 2.45) is 0 Å². The van der Waals surface area contributed by atoms with Crippen LogP contribution in [0.2, 0.25) is 0 Å². The highest BCUT2D eigenvalue weighted by molar-refractivity contribution is 5.97. The van der Waals surface area contributed by atoms with E-state index < -0.39 is 0 Å². The molecule has 0 aliphatic carbocycles. The number of nitrogen functional groups attached to an aromatic ring is 2. The van der Waals surface area contributed by atoms with E-state index in [2.05, 4.69) is 0 Å². The summed E-state index contributed by atoms with van der Waals surface area (Å²) in [5.41, 5.74) is 13.6. The van der Waals surface area contributed by atoms with Crippen molar-refractivity contribution in [2.45, 2.75) is 13.8 Å². The Balaban J connectivity index is 3.33. The Morgan fingerprint density at radius 2 is 1.75 bits per heavy atom. The molecule has 3 heteroatoms. The SMILES string of the molecule is CC(=O)c1cc(N)c(N)cc1C. The number of Topliss-reactive ketones (excluding diaryl/α,β-unsaturated/α-hetero) is 1. The highest BCUT2D eigenvalue weighted by atomic mass is 16.1.